The van der Waals surface area contributed by atoms with Crippen molar-refractivity contribution in [3.05, 3.63) is 57.6 Å². The molecule has 0 bridgehead atoms. The number of hydrogen-bond donors (Lipinski definition) is 1. The van der Waals surface area contributed by atoms with Gasteiger partial charge in [0.1, 0.15) is 0 Å². The third kappa shape index (κ3) is 4.47. The molecule has 10 heteroatoms. The van der Waals surface area contributed by atoms with Crippen molar-refractivity contribution in [1.29, 1.82) is 0 Å². The summed E-state index contributed by atoms with van der Waals surface area (Å²) in [7, 11) is 0. The third-order valence-electron chi connectivity index (χ3n) is 4.41. The number of hydrogen-bond acceptors (Lipinski definition) is 7. The molecule has 0 aromatic carbocycles. The molecule has 142 valence electrons. The van der Waals surface area contributed by atoms with E-state index >= 15 is 0 Å². The zero-order chi connectivity index (χ0) is 19.2. The number of anilines is 1. The van der Waals surface area contributed by atoms with Crippen molar-refractivity contribution < 1.29 is 4.92 Å². The van der Waals surface area contributed by atoms with Crippen LogP contribution in [0.2, 0.25) is 0 Å². The number of rotatable bonds is 3. The average Bonchev–Trinajstić information content (AvgIpc) is 3.10. The quantitative estimate of drug-likeness (QED) is 0.419. The van der Waals surface area contributed by atoms with Crippen LogP contribution in [-0.4, -0.2) is 62.1 Å². The molecule has 3 aromatic heterocycles. The highest BCUT2D eigenvalue weighted by Crippen LogP contribution is 2.25. The molecule has 1 aliphatic heterocycles. The number of nitrogens with one attached hydrogen (secondary N) is 1. The van der Waals surface area contributed by atoms with Crippen molar-refractivity contribution in [2.24, 2.45) is 0 Å². The van der Waals surface area contributed by atoms with E-state index < -0.39 is 0 Å². The fourth-order valence-corrected chi connectivity index (χ4v) is 3.11. The lowest BCUT2D eigenvalue weighted by atomic mass is 10.3. The molecule has 0 aliphatic carbocycles. The fourth-order valence-electron chi connectivity index (χ4n) is 2.91. The molecule has 9 nitrogen and oxygen atoms in total. The maximum atomic E-state index is 10.9. The molecule has 1 aliphatic rings. The van der Waals surface area contributed by atoms with E-state index in [9.17, 15) is 10.1 Å². The lowest BCUT2D eigenvalue weighted by molar-refractivity contribution is -0.384. The second-order valence-corrected chi connectivity index (χ2v) is 6.37. The highest BCUT2D eigenvalue weighted by molar-refractivity contribution is 7.71. The number of H-pyrrole nitrogens is 1. The van der Waals surface area contributed by atoms with E-state index in [4.69, 9.17) is 12.2 Å². The molecule has 27 heavy (non-hydrogen) atoms. The van der Waals surface area contributed by atoms with Gasteiger partial charge in [0.15, 0.2) is 10.4 Å². The van der Waals surface area contributed by atoms with Crippen LogP contribution in [0.4, 0.5) is 11.5 Å². The molecule has 0 saturated carbocycles. The fraction of sp³-hybridized carbons (Fsp3) is 0.353. The van der Waals surface area contributed by atoms with Gasteiger partial charge in [0.2, 0.25) is 5.82 Å². The second-order valence-electron chi connectivity index (χ2n) is 5.98. The van der Waals surface area contributed by atoms with Crippen LogP contribution in [0.5, 0.6) is 0 Å². The Bertz CT molecular complexity index is 963. The lowest BCUT2D eigenvalue weighted by Gasteiger charge is -2.34. The lowest BCUT2D eigenvalue weighted by Crippen LogP contribution is -2.46. The van der Waals surface area contributed by atoms with Crippen molar-refractivity contribution in [1.82, 2.24) is 24.5 Å². The van der Waals surface area contributed by atoms with Gasteiger partial charge in [0.25, 0.3) is 0 Å². The van der Waals surface area contributed by atoms with Gasteiger partial charge < -0.3 is 9.80 Å². The first-order valence-corrected chi connectivity index (χ1v) is 9.09. The Hall–Kier alpha value is -2.85. The minimum atomic E-state index is -0.367. The molecule has 0 radical (unpaired) electrons. The zero-order valence-electron chi connectivity index (χ0n) is 15.0. The van der Waals surface area contributed by atoms with Gasteiger partial charge in [-0.2, -0.15) is 5.10 Å². The number of pyridine rings is 2. The topological polar surface area (TPSA) is 95.6 Å². The minimum Gasteiger partial charge on any atom is -0.348 e. The molecule has 0 spiro atoms. The molecule has 0 unspecified atom stereocenters. The molecule has 1 fully saturated rings. The Morgan fingerprint density at radius 2 is 2.00 bits per heavy atom. The Morgan fingerprint density at radius 1 is 1.22 bits per heavy atom. The van der Waals surface area contributed by atoms with E-state index in [1.807, 2.05) is 33.7 Å². The van der Waals surface area contributed by atoms with Gasteiger partial charge >= 0.3 is 5.69 Å². The first-order valence-electron chi connectivity index (χ1n) is 8.68. The minimum absolute atomic E-state index is 0.0949. The first-order chi connectivity index (χ1) is 13.1. The molecule has 1 N–H and O–H groups in total. The summed E-state index contributed by atoms with van der Waals surface area (Å²) < 4.78 is 2.45. The summed E-state index contributed by atoms with van der Waals surface area (Å²) in [6.07, 6.45) is 3.48. The Labute approximate surface area is 161 Å². The smallest absolute Gasteiger partial charge is 0.311 e. The molecule has 3 aromatic rings. The van der Waals surface area contributed by atoms with E-state index in [0.717, 1.165) is 38.4 Å². The number of nitro groups is 1. The summed E-state index contributed by atoms with van der Waals surface area (Å²) in [5, 5.41) is 17.6. The number of fused-ring (bicyclic) bond motifs is 1. The Kier molecular flexibility index (Phi) is 6.09. The molecule has 1 saturated heterocycles. The van der Waals surface area contributed by atoms with Gasteiger partial charge in [0.05, 0.1) is 4.92 Å². The summed E-state index contributed by atoms with van der Waals surface area (Å²) in [5.74, 6) is 0.494. The van der Waals surface area contributed by atoms with E-state index in [-0.39, 0.29) is 10.6 Å². The van der Waals surface area contributed by atoms with Crippen LogP contribution in [-0.2, 0) is 0 Å². The molecule has 4 heterocycles. The SMILES string of the molecule is CCN1CCN(c2ncccc2[N+](=O)[O-])CC1.S=c1[nH]nc2ccccn12. The van der Waals surface area contributed by atoms with Crippen LogP contribution in [0, 0.1) is 14.9 Å². The predicted molar refractivity (Wildman–Crippen MR) is 106 cm³/mol. The Balaban J connectivity index is 0.000000177. The maximum absolute atomic E-state index is 10.9. The van der Waals surface area contributed by atoms with Crippen molar-refractivity contribution in [2.75, 3.05) is 37.6 Å². The van der Waals surface area contributed by atoms with Crippen LogP contribution >= 0.6 is 12.2 Å². The largest absolute Gasteiger partial charge is 0.348 e. The first kappa shape index (κ1) is 18.9. The molecular formula is C17H21N7O2S. The van der Waals surface area contributed by atoms with Crippen LogP contribution in [0.3, 0.4) is 0 Å². The molecular weight excluding hydrogens is 366 g/mol. The van der Waals surface area contributed by atoms with Crippen molar-refractivity contribution in [3.8, 4) is 0 Å². The van der Waals surface area contributed by atoms with Gasteiger partial charge in [-0.3, -0.25) is 19.6 Å². The summed E-state index contributed by atoms with van der Waals surface area (Å²) in [6, 6.07) is 8.84. The van der Waals surface area contributed by atoms with Gasteiger partial charge in [-0.15, -0.1) is 0 Å². The maximum Gasteiger partial charge on any atom is 0.311 e. The second kappa shape index (κ2) is 8.69. The Morgan fingerprint density at radius 3 is 2.67 bits per heavy atom. The van der Waals surface area contributed by atoms with Crippen molar-refractivity contribution in [3.63, 3.8) is 0 Å². The van der Waals surface area contributed by atoms with E-state index in [1.165, 1.54) is 6.07 Å². The van der Waals surface area contributed by atoms with Crippen LogP contribution in [0.1, 0.15) is 6.92 Å². The molecule has 0 amide bonds. The van der Waals surface area contributed by atoms with Crippen LogP contribution in [0.25, 0.3) is 5.65 Å². The van der Waals surface area contributed by atoms with E-state index in [1.54, 1.807) is 12.3 Å². The number of aromatic amines is 1. The van der Waals surface area contributed by atoms with Crippen molar-refractivity contribution >= 4 is 29.4 Å². The van der Waals surface area contributed by atoms with E-state index in [2.05, 4.69) is 27.0 Å². The van der Waals surface area contributed by atoms with Crippen molar-refractivity contribution in [2.45, 2.75) is 6.92 Å². The summed E-state index contributed by atoms with van der Waals surface area (Å²) in [5.41, 5.74) is 0.949. The number of piperazine rings is 1. The van der Waals surface area contributed by atoms with Gasteiger partial charge in [-0.1, -0.05) is 13.0 Å². The highest BCUT2D eigenvalue weighted by atomic mass is 32.1. The standard InChI is InChI=1S/C11H16N4O2.C6H5N3S/c1-2-13-6-8-14(9-7-13)11-10(15(16)17)4-3-5-12-11;10-6-8-7-5-3-1-2-4-9(5)6/h3-5H,2,6-9H2,1H3;1-4H,(H,8,10). The monoisotopic (exact) mass is 387 g/mol. The van der Waals surface area contributed by atoms with Gasteiger partial charge in [0, 0.05) is 44.6 Å². The average molecular weight is 387 g/mol. The highest BCUT2D eigenvalue weighted by Gasteiger charge is 2.23. The number of nitrogens with zero attached hydrogens (tertiary/aromatic N) is 6. The van der Waals surface area contributed by atoms with Crippen LogP contribution in [0.15, 0.2) is 42.7 Å². The summed E-state index contributed by atoms with van der Waals surface area (Å²) in [4.78, 5) is 19.0. The summed E-state index contributed by atoms with van der Waals surface area (Å²) in [6.45, 7) is 6.61. The number of likely N-dealkylation sites (N-methyl/N-ethyl adjacent to an activating group) is 1. The third-order valence-corrected chi connectivity index (χ3v) is 4.69. The summed E-state index contributed by atoms with van der Waals surface area (Å²) >= 11 is 4.93. The van der Waals surface area contributed by atoms with Crippen LogP contribution < -0.4 is 4.90 Å². The molecule has 4 rings (SSSR count). The molecule has 0 atom stereocenters. The zero-order valence-corrected chi connectivity index (χ0v) is 15.8. The van der Waals surface area contributed by atoms with Gasteiger partial charge in [-0.25, -0.2) is 4.98 Å². The van der Waals surface area contributed by atoms with E-state index in [0.29, 0.717) is 10.6 Å². The predicted octanol–water partition coefficient (Wildman–Crippen LogP) is 2.52. The van der Waals surface area contributed by atoms with Gasteiger partial charge in [-0.05, 0) is 37.0 Å². The number of aromatic nitrogens is 4. The normalized spacial score (nSPS) is 14.6.